The maximum atomic E-state index is 5.73. The molecule has 0 N–H and O–H groups in total. The Morgan fingerprint density at radius 1 is 1.22 bits per heavy atom. The molecule has 1 aromatic heterocycles. The molecular weight excluding hydrogens is 296 g/mol. The summed E-state index contributed by atoms with van der Waals surface area (Å²) in [4.78, 5) is 6.63. The topological polar surface area (TPSA) is 34.6 Å². The highest BCUT2D eigenvalue weighted by molar-refractivity contribution is 9.10. The fourth-order valence-corrected chi connectivity index (χ4v) is 3.05. The Labute approximate surface area is 115 Å². The Morgan fingerprint density at radius 3 is 2.61 bits per heavy atom. The van der Waals surface area contributed by atoms with Crippen LogP contribution in [0.5, 0.6) is 0 Å². The molecule has 2 saturated heterocycles. The zero-order valence-electron chi connectivity index (χ0n) is 10.3. The second-order valence-electron chi connectivity index (χ2n) is 4.90. The van der Waals surface area contributed by atoms with Crippen molar-refractivity contribution in [3.8, 4) is 0 Å². The van der Waals surface area contributed by atoms with Crippen LogP contribution in [-0.2, 0) is 16.0 Å². The van der Waals surface area contributed by atoms with Gasteiger partial charge in [0.25, 0.3) is 0 Å². The van der Waals surface area contributed by atoms with E-state index in [0.29, 0.717) is 0 Å². The molecule has 0 amide bonds. The first-order valence-corrected chi connectivity index (χ1v) is 7.15. The maximum Gasteiger partial charge on any atom is 0.170 e. The van der Waals surface area contributed by atoms with E-state index in [4.69, 9.17) is 9.47 Å². The van der Waals surface area contributed by atoms with Crippen LogP contribution in [0.3, 0.4) is 0 Å². The monoisotopic (exact) mass is 312 g/mol. The highest BCUT2D eigenvalue weighted by Gasteiger charge is 2.39. The Hall–Kier alpha value is -0.490. The molecule has 3 rings (SSSR count). The molecule has 0 saturated carbocycles. The average Bonchev–Trinajstić information content (AvgIpc) is 2.81. The fourth-order valence-electron chi connectivity index (χ4n) is 2.64. The zero-order valence-corrected chi connectivity index (χ0v) is 11.9. The van der Waals surface area contributed by atoms with Crippen molar-refractivity contribution in [2.45, 2.75) is 25.2 Å². The number of piperidine rings is 1. The zero-order chi connectivity index (χ0) is 12.4. The van der Waals surface area contributed by atoms with Crippen molar-refractivity contribution in [3.05, 3.63) is 28.5 Å². The smallest absolute Gasteiger partial charge is 0.170 e. The summed E-state index contributed by atoms with van der Waals surface area (Å²) in [6.45, 7) is 4.48. The molecule has 2 aliphatic rings. The summed E-state index contributed by atoms with van der Waals surface area (Å²) < 4.78 is 12.5. The van der Waals surface area contributed by atoms with Gasteiger partial charge in [0.2, 0.25) is 0 Å². The van der Waals surface area contributed by atoms with Gasteiger partial charge in [0.1, 0.15) is 0 Å². The van der Waals surface area contributed by atoms with Crippen LogP contribution in [0.4, 0.5) is 0 Å². The van der Waals surface area contributed by atoms with Crippen molar-refractivity contribution < 1.29 is 9.47 Å². The molecule has 0 atom stereocenters. The summed E-state index contributed by atoms with van der Waals surface area (Å²) in [7, 11) is 0. The largest absolute Gasteiger partial charge is 0.347 e. The number of aromatic nitrogens is 1. The molecule has 0 radical (unpaired) electrons. The van der Waals surface area contributed by atoms with Crippen LogP contribution in [0.25, 0.3) is 0 Å². The van der Waals surface area contributed by atoms with Gasteiger partial charge in [-0.15, -0.1) is 0 Å². The standard InChI is InChI=1S/C13H17BrN2O2/c14-12-7-11(8-15-9-12)10-16-3-1-13(2-4-16)17-5-6-18-13/h7-9H,1-6,10H2. The number of halogens is 1. The van der Waals surface area contributed by atoms with E-state index in [-0.39, 0.29) is 5.79 Å². The van der Waals surface area contributed by atoms with Gasteiger partial charge in [-0.1, -0.05) is 0 Å². The second kappa shape index (κ2) is 5.25. The van der Waals surface area contributed by atoms with E-state index in [1.807, 2.05) is 12.4 Å². The molecule has 0 bridgehead atoms. The van der Waals surface area contributed by atoms with Crippen molar-refractivity contribution >= 4 is 15.9 Å². The molecule has 1 spiro atoms. The molecule has 1 aromatic rings. The van der Waals surface area contributed by atoms with E-state index in [0.717, 1.165) is 50.2 Å². The summed E-state index contributed by atoms with van der Waals surface area (Å²) in [5.41, 5.74) is 1.24. The summed E-state index contributed by atoms with van der Waals surface area (Å²) in [6.07, 6.45) is 5.68. The summed E-state index contributed by atoms with van der Waals surface area (Å²) >= 11 is 3.45. The highest BCUT2D eigenvalue weighted by Crippen LogP contribution is 2.31. The van der Waals surface area contributed by atoms with E-state index in [1.54, 1.807) is 0 Å². The Kier molecular flexibility index (Phi) is 3.66. The number of ether oxygens (including phenoxy) is 2. The van der Waals surface area contributed by atoms with Crippen molar-refractivity contribution in [2.24, 2.45) is 0 Å². The lowest BCUT2D eigenvalue weighted by Gasteiger charge is -2.37. The number of pyridine rings is 1. The van der Waals surface area contributed by atoms with Gasteiger partial charge in [-0.3, -0.25) is 9.88 Å². The second-order valence-corrected chi connectivity index (χ2v) is 5.81. The number of nitrogens with zero attached hydrogens (tertiary/aromatic N) is 2. The first-order valence-electron chi connectivity index (χ1n) is 6.36. The van der Waals surface area contributed by atoms with Crippen molar-refractivity contribution in [3.63, 3.8) is 0 Å². The SMILES string of the molecule is Brc1cncc(CN2CCC3(CC2)OCCO3)c1. The summed E-state index contributed by atoms with van der Waals surface area (Å²) in [6, 6.07) is 2.12. The minimum Gasteiger partial charge on any atom is -0.347 e. The van der Waals surface area contributed by atoms with Gasteiger partial charge in [-0.05, 0) is 27.6 Å². The van der Waals surface area contributed by atoms with E-state index >= 15 is 0 Å². The number of rotatable bonds is 2. The number of hydrogen-bond donors (Lipinski definition) is 0. The van der Waals surface area contributed by atoms with Crippen LogP contribution in [0, 0.1) is 0 Å². The Bertz CT molecular complexity index is 411. The first-order chi connectivity index (χ1) is 8.76. The quantitative estimate of drug-likeness (QED) is 0.838. The van der Waals surface area contributed by atoms with E-state index in [1.165, 1.54) is 5.56 Å². The molecule has 0 unspecified atom stereocenters. The van der Waals surface area contributed by atoms with E-state index in [2.05, 4.69) is 31.9 Å². The lowest BCUT2D eigenvalue weighted by atomic mass is 10.0. The molecule has 2 aliphatic heterocycles. The number of likely N-dealkylation sites (tertiary alicyclic amines) is 1. The van der Waals surface area contributed by atoms with Gasteiger partial charge in [-0.25, -0.2) is 0 Å². The first kappa shape index (κ1) is 12.5. The highest BCUT2D eigenvalue weighted by atomic mass is 79.9. The maximum absolute atomic E-state index is 5.73. The van der Waals surface area contributed by atoms with Gasteiger partial charge in [0, 0.05) is 49.3 Å². The summed E-state index contributed by atoms with van der Waals surface area (Å²) in [5.74, 6) is -0.272. The molecule has 18 heavy (non-hydrogen) atoms. The molecule has 4 nitrogen and oxygen atoms in total. The molecule has 5 heteroatoms. The predicted octanol–water partition coefficient (Wildman–Crippen LogP) is 2.18. The number of hydrogen-bond acceptors (Lipinski definition) is 4. The van der Waals surface area contributed by atoms with Gasteiger partial charge in [0.05, 0.1) is 13.2 Å². The Morgan fingerprint density at radius 2 is 1.94 bits per heavy atom. The van der Waals surface area contributed by atoms with Gasteiger partial charge in [0.15, 0.2) is 5.79 Å². The van der Waals surface area contributed by atoms with Gasteiger partial charge < -0.3 is 9.47 Å². The minimum atomic E-state index is -0.272. The summed E-state index contributed by atoms with van der Waals surface area (Å²) in [5, 5.41) is 0. The minimum absolute atomic E-state index is 0.272. The van der Waals surface area contributed by atoms with Crippen LogP contribution in [-0.4, -0.2) is 42.0 Å². The van der Waals surface area contributed by atoms with Crippen molar-refractivity contribution in [1.82, 2.24) is 9.88 Å². The molecule has 0 aliphatic carbocycles. The lowest BCUT2D eigenvalue weighted by molar-refractivity contribution is -0.185. The molecular formula is C13H17BrN2O2. The third-order valence-electron chi connectivity index (χ3n) is 3.60. The third-order valence-corrected chi connectivity index (χ3v) is 4.03. The van der Waals surface area contributed by atoms with Crippen LogP contribution in [0.1, 0.15) is 18.4 Å². The molecule has 98 valence electrons. The van der Waals surface area contributed by atoms with E-state index in [9.17, 15) is 0 Å². The molecule has 0 aromatic carbocycles. The molecule has 3 heterocycles. The Balaban J connectivity index is 1.57. The third kappa shape index (κ3) is 2.74. The van der Waals surface area contributed by atoms with E-state index < -0.39 is 0 Å². The molecule has 2 fully saturated rings. The normalized spacial score (nSPS) is 23.6. The van der Waals surface area contributed by atoms with Crippen LogP contribution in [0.2, 0.25) is 0 Å². The van der Waals surface area contributed by atoms with Crippen molar-refractivity contribution in [1.29, 1.82) is 0 Å². The van der Waals surface area contributed by atoms with Crippen LogP contribution < -0.4 is 0 Å². The lowest BCUT2D eigenvalue weighted by Crippen LogP contribution is -2.44. The van der Waals surface area contributed by atoms with Crippen LogP contribution >= 0.6 is 15.9 Å². The van der Waals surface area contributed by atoms with Crippen molar-refractivity contribution in [2.75, 3.05) is 26.3 Å². The van der Waals surface area contributed by atoms with Gasteiger partial charge in [-0.2, -0.15) is 0 Å². The predicted molar refractivity (Wildman–Crippen MR) is 71.1 cm³/mol. The average molecular weight is 313 g/mol. The van der Waals surface area contributed by atoms with Crippen LogP contribution in [0.15, 0.2) is 22.9 Å². The van der Waals surface area contributed by atoms with Gasteiger partial charge >= 0.3 is 0 Å². The fraction of sp³-hybridized carbons (Fsp3) is 0.615.